The van der Waals surface area contributed by atoms with Crippen LogP contribution in [0.2, 0.25) is 0 Å². The van der Waals surface area contributed by atoms with E-state index >= 15 is 0 Å². The monoisotopic (exact) mass is 788 g/mol. The minimum Gasteiger partial charge on any atom is -0.456 e. The molecule has 14 rings (SSSR count). The second-order valence-electron chi connectivity index (χ2n) is 16.4. The molecule has 0 aliphatic rings. The highest BCUT2D eigenvalue weighted by Gasteiger charge is 2.21. The number of rotatable bonds is 3. The molecule has 3 aromatic heterocycles. The van der Waals surface area contributed by atoms with Crippen LogP contribution >= 0.6 is 0 Å². The minimum atomic E-state index is 0.558. The Kier molecular flexibility index (Phi) is 6.77. The molecule has 286 valence electrons. The van der Waals surface area contributed by atoms with E-state index in [9.17, 15) is 0 Å². The van der Waals surface area contributed by atoms with E-state index in [0.717, 1.165) is 65.6 Å². The van der Waals surface area contributed by atoms with E-state index < -0.39 is 0 Å². The zero-order valence-corrected chi connectivity index (χ0v) is 33.2. The summed E-state index contributed by atoms with van der Waals surface area (Å²) in [4.78, 5) is 16.2. The summed E-state index contributed by atoms with van der Waals surface area (Å²) in [6.45, 7) is 0. The molecule has 0 bridgehead atoms. The van der Waals surface area contributed by atoms with Crippen LogP contribution in [0.1, 0.15) is 0 Å². The number of hydrogen-bond acceptors (Lipinski definition) is 4. The molecule has 5 heteroatoms. The van der Waals surface area contributed by atoms with Gasteiger partial charge in [0.05, 0.1) is 11.0 Å². The lowest BCUT2D eigenvalue weighted by Gasteiger charge is -2.13. The predicted octanol–water partition coefficient (Wildman–Crippen LogP) is 15.1. The van der Waals surface area contributed by atoms with Crippen molar-refractivity contribution in [2.24, 2.45) is 0 Å². The Bertz CT molecular complexity index is 4200. The van der Waals surface area contributed by atoms with Crippen LogP contribution < -0.4 is 0 Å². The summed E-state index contributed by atoms with van der Waals surface area (Å²) in [5, 5.41) is 18.7. The lowest BCUT2D eigenvalue weighted by molar-refractivity contribution is 0.669. The Morgan fingerprint density at radius 2 is 0.806 bits per heavy atom. The molecule has 0 aliphatic heterocycles. The molecule has 0 radical (unpaired) electrons. The smallest absolute Gasteiger partial charge is 0.238 e. The lowest BCUT2D eigenvalue weighted by atomic mass is 9.93. The molecule has 62 heavy (non-hydrogen) atoms. The molecule has 5 nitrogen and oxygen atoms in total. The molecule has 0 aliphatic carbocycles. The molecule has 0 atom stereocenters. The zero-order valence-electron chi connectivity index (χ0n) is 33.2. The highest BCUT2D eigenvalue weighted by Crippen LogP contribution is 2.41. The summed E-state index contributed by atoms with van der Waals surface area (Å²) in [5.74, 6) is 1.74. The van der Waals surface area contributed by atoms with Gasteiger partial charge in [0.25, 0.3) is 0 Å². The molecule has 14 aromatic rings. The number of aromatic nitrogens is 4. The molecule has 0 spiro atoms. The summed E-state index contributed by atoms with van der Waals surface area (Å²) >= 11 is 0. The van der Waals surface area contributed by atoms with Crippen LogP contribution in [-0.4, -0.2) is 19.5 Å². The van der Waals surface area contributed by atoms with Gasteiger partial charge in [-0.15, -0.1) is 0 Å². The Hall–Kier alpha value is -8.41. The van der Waals surface area contributed by atoms with Gasteiger partial charge in [0.1, 0.15) is 11.2 Å². The SMILES string of the molecule is c1ccc2cc3c(cc2c1)oc1ccc(-c2nc(-c4ccc5c6ccccc6c6ccccc6c5c4)nc(-n4c5cc6ccccc6cc5c5c6ccccc6ccc54)n2)cc13. The Morgan fingerprint density at radius 3 is 1.48 bits per heavy atom. The predicted molar refractivity (Wildman–Crippen MR) is 257 cm³/mol. The van der Waals surface area contributed by atoms with Crippen molar-refractivity contribution in [1.82, 2.24) is 19.5 Å². The van der Waals surface area contributed by atoms with Crippen LogP contribution in [0.4, 0.5) is 0 Å². The topological polar surface area (TPSA) is 56.7 Å². The Balaban J connectivity index is 1.08. The highest BCUT2D eigenvalue weighted by molar-refractivity contribution is 6.26. The standard InChI is InChI=1S/C57H32N4O/c1-3-14-36-31-51-49(28-35(36)13-1)54-40-16-6-5-11-33(40)22-25-50(54)61(51)57-59-55(38-21-24-45-43-19-8-7-17-41(43)42-18-9-10-20-44(42)46(45)29-38)58-56(60-57)39-23-26-52-47(30-39)48-27-34-12-2-4-15-37(34)32-53(48)62-52/h1-32H. The van der Waals surface area contributed by atoms with Gasteiger partial charge in [-0.25, -0.2) is 4.98 Å². The maximum Gasteiger partial charge on any atom is 0.238 e. The largest absolute Gasteiger partial charge is 0.456 e. The third-order valence-corrected chi connectivity index (χ3v) is 12.9. The van der Waals surface area contributed by atoms with Crippen LogP contribution in [0, 0.1) is 0 Å². The molecule has 0 saturated heterocycles. The first-order valence-electron chi connectivity index (χ1n) is 21.0. The molecular formula is C57H32N4O. The molecule has 0 saturated carbocycles. The normalized spacial score (nSPS) is 12.2. The maximum atomic E-state index is 6.44. The fraction of sp³-hybridized carbons (Fsp3) is 0. The van der Waals surface area contributed by atoms with Crippen LogP contribution in [-0.2, 0) is 0 Å². The van der Waals surface area contributed by atoms with Crippen molar-refractivity contribution in [3.05, 3.63) is 194 Å². The van der Waals surface area contributed by atoms with Gasteiger partial charge < -0.3 is 4.42 Å². The van der Waals surface area contributed by atoms with E-state index in [1.807, 2.05) is 6.07 Å². The highest BCUT2D eigenvalue weighted by atomic mass is 16.3. The molecule has 0 fully saturated rings. The first kappa shape index (κ1) is 33.4. The fourth-order valence-electron chi connectivity index (χ4n) is 10.1. The van der Waals surface area contributed by atoms with Crippen molar-refractivity contribution < 1.29 is 4.42 Å². The van der Waals surface area contributed by atoms with Crippen molar-refractivity contribution >= 4 is 108 Å². The lowest BCUT2D eigenvalue weighted by Crippen LogP contribution is -2.06. The van der Waals surface area contributed by atoms with Gasteiger partial charge in [0.15, 0.2) is 11.6 Å². The number of hydrogen-bond donors (Lipinski definition) is 0. The summed E-state index contributed by atoms with van der Waals surface area (Å²) in [6.07, 6.45) is 0. The van der Waals surface area contributed by atoms with Gasteiger partial charge in [0, 0.05) is 32.7 Å². The average molecular weight is 789 g/mol. The molecule has 0 amide bonds. The van der Waals surface area contributed by atoms with Gasteiger partial charge in [-0.2, -0.15) is 9.97 Å². The van der Waals surface area contributed by atoms with E-state index in [2.05, 4.69) is 193 Å². The van der Waals surface area contributed by atoms with E-state index in [1.165, 1.54) is 53.9 Å². The Morgan fingerprint density at radius 1 is 0.306 bits per heavy atom. The van der Waals surface area contributed by atoms with Crippen molar-refractivity contribution in [3.8, 4) is 28.7 Å². The van der Waals surface area contributed by atoms with Crippen molar-refractivity contribution in [1.29, 1.82) is 0 Å². The Labute approximate surface area is 353 Å². The molecular weight excluding hydrogens is 757 g/mol. The van der Waals surface area contributed by atoms with Gasteiger partial charge in [-0.3, -0.25) is 4.57 Å². The van der Waals surface area contributed by atoms with Gasteiger partial charge >= 0.3 is 0 Å². The maximum absolute atomic E-state index is 6.44. The molecule has 11 aromatic carbocycles. The molecule has 0 N–H and O–H groups in total. The van der Waals surface area contributed by atoms with Crippen molar-refractivity contribution in [2.45, 2.75) is 0 Å². The van der Waals surface area contributed by atoms with Crippen molar-refractivity contribution in [2.75, 3.05) is 0 Å². The van der Waals surface area contributed by atoms with Crippen LogP contribution in [0.25, 0.3) is 137 Å². The van der Waals surface area contributed by atoms with Gasteiger partial charge in [-0.05, 0) is 119 Å². The minimum absolute atomic E-state index is 0.558. The zero-order chi connectivity index (χ0) is 40.5. The first-order valence-corrected chi connectivity index (χ1v) is 21.0. The van der Waals surface area contributed by atoms with Crippen LogP contribution in [0.15, 0.2) is 199 Å². The second kappa shape index (κ2) is 12.6. The van der Waals surface area contributed by atoms with E-state index in [1.54, 1.807) is 0 Å². The third kappa shape index (κ3) is 4.82. The number of nitrogens with zero attached hydrogens (tertiary/aromatic N) is 4. The quantitative estimate of drug-likeness (QED) is 0.167. The van der Waals surface area contributed by atoms with E-state index in [0.29, 0.717) is 17.6 Å². The van der Waals surface area contributed by atoms with Gasteiger partial charge in [-0.1, -0.05) is 140 Å². The van der Waals surface area contributed by atoms with E-state index in [4.69, 9.17) is 19.4 Å². The number of fused-ring (bicyclic) bond motifs is 16. The second-order valence-corrected chi connectivity index (χ2v) is 16.4. The first-order chi connectivity index (χ1) is 30.7. The summed E-state index contributed by atoms with van der Waals surface area (Å²) in [5.41, 5.74) is 5.55. The number of benzene rings is 11. The van der Waals surface area contributed by atoms with Crippen molar-refractivity contribution in [3.63, 3.8) is 0 Å². The van der Waals surface area contributed by atoms with Crippen LogP contribution in [0.3, 0.4) is 0 Å². The summed E-state index contributed by atoms with van der Waals surface area (Å²) < 4.78 is 8.68. The molecule has 3 heterocycles. The molecule has 0 unspecified atom stereocenters. The van der Waals surface area contributed by atoms with Crippen LogP contribution in [0.5, 0.6) is 0 Å². The van der Waals surface area contributed by atoms with E-state index in [-0.39, 0.29) is 0 Å². The summed E-state index contributed by atoms with van der Waals surface area (Å²) in [7, 11) is 0. The third-order valence-electron chi connectivity index (χ3n) is 12.9. The van der Waals surface area contributed by atoms with Gasteiger partial charge in [0.2, 0.25) is 5.95 Å². The summed E-state index contributed by atoms with van der Waals surface area (Å²) in [6, 6.07) is 69.3. The average Bonchev–Trinajstić information content (AvgIpc) is 3.86. The number of furan rings is 1. The fourth-order valence-corrected chi connectivity index (χ4v) is 10.1.